The quantitative estimate of drug-likeness (QED) is 0.315. The smallest absolute Gasteiger partial charge is 0.296 e. The molecule has 4 rings (SSSR count). The summed E-state index contributed by atoms with van der Waals surface area (Å²) in [4.78, 5) is -0.187. The van der Waals surface area contributed by atoms with Crippen LogP contribution in [0.3, 0.4) is 0 Å². The molecule has 0 amide bonds. The van der Waals surface area contributed by atoms with E-state index in [1.54, 1.807) is 6.07 Å². The average Bonchev–Trinajstić information content (AvgIpc) is 2.65. The summed E-state index contributed by atoms with van der Waals surface area (Å²) >= 11 is 6.87. The van der Waals surface area contributed by atoms with Crippen LogP contribution in [0, 0.1) is 0 Å². The minimum absolute atomic E-state index is 0.187. The van der Waals surface area contributed by atoms with E-state index in [4.69, 9.17) is 4.74 Å². The van der Waals surface area contributed by atoms with E-state index in [2.05, 4.69) is 31.9 Å². The second-order valence-corrected chi connectivity index (χ2v) is 9.31. The average molecular weight is 522 g/mol. The third-order valence-electron chi connectivity index (χ3n) is 4.62. The fourth-order valence-electron chi connectivity index (χ4n) is 3.54. The van der Waals surface area contributed by atoms with Crippen LogP contribution in [-0.4, -0.2) is 20.1 Å². The number of fused-ring (bicyclic) bond motifs is 2. The molecular weight excluding hydrogens is 508 g/mol. The van der Waals surface area contributed by atoms with E-state index in [0.717, 1.165) is 16.2 Å². The number of benzene rings is 4. The maximum absolute atomic E-state index is 12.4. The predicted octanol–water partition coefficient (Wildman–Crippen LogP) is 6.44. The first-order chi connectivity index (χ1) is 13.3. The van der Waals surface area contributed by atoms with Crippen molar-refractivity contribution in [1.29, 1.82) is 0 Å². The van der Waals surface area contributed by atoms with Gasteiger partial charge in [0.25, 0.3) is 10.1 Å². The van der Waals surface area contributed by atoms with Gasteiger partial charge in [-0.1, -0.05) is 48.5 Å². The van der Waals surface area contributed by atoms with Crippen LogP contribution in [0.1, 0.15) is 0 Å². The van der Waals surface area contributed by atoms with Crippen LogP contribution in [0.5, 0.6) is 5.75 Å². The largest absolute Gasteiger partial charge is 0.495 e. The van der Waals surface area contributed by atoms with Gasteiger partial charge in [0.15, 0.2) is 0 Å². The highest BCUT2D eigenvalue weighted by molar-refractivity contribution is 9.10. The van der Waals surface area contributed by atoms with Gasteiger partial charge >= 0.3 is 0 Å². The Kier molecular flexibility index (Phi) is 4.95. The van der Waals surface area contributed by atoms with Gasteiger partial charge in [-0.25, -0.2) is 0 Å². The monoisotopic (exact) mass is 520 g/mol. The molecule has 0 bridgehead atoms. The molecule has 0 aromatic heterocycles. The molecule has 0 aliphatic heterocycles. The SMILES string of the molecule is COc1c(Br)cc2ccccc2c1-c1c(S(=O)(=O)O)c(Br)cc2ccccc12. The molecule has 142 valence electrons. The van der Waals surface area contributed by atoms with E-state index in [1.807, 2.05) is 54.6 Å². The Morgan fingerprint density at radius 3 is 1.86 bits per heavy atom. The lowest BCUT2D eigenvalue weighted by molar-refractivity contribution is 0.414. The van der Waals surface area contributed by atoms with Crippen molar-refractivity contribution in [3.8, 4) is 16.9 Å². The van der Waals surface area contributed by atoms with Gasteiger partial charge in [-0.3, -0.25) is 4.55 Å². The Hall–Kier alpha value is -1.93. The molecule has 0 atom stereocenters. The Morgan fingerprint density at radius 2 is 1.32 bits per heavy atom. The predicted molar refractivity (Wildman–Crippen MR) is 119 cm³/mol. The fourth-order valence-corrected chi connectivity index (χ4v) is 5.98. The molecule has 0 unspecified atom stereocenters. The Labute approximate surface area is 179 Å². The Bertz CT molecular complexity index is 1350. The van der Waals surface area contributed by atoms with Crippen molar-refractivity contribution in [2.45, 2.75) is 4.90 Å². The summed E-state index contributed by atoms with van der Waals surface area (Å²) in [5.74, 6) is 0.492. The first-order valence-electron chi connectivity index (χ1n) is 8.27. The van der Waals surface area contributed by atoms with Crippen LogP contribution in [0.15, 0.2) is 74.5 Å². The molecule has 7 heteroatoms. The fraction of sp³-hybridized carbons (Fsp3) is 0.0476. The number of hydrogen-bond donors (Lipinski definition) is 1. The summed E-state index contributed by atoms with van der Waals surface area (Å²) in [6.45, 7) is 0. The molecule has 4 aromatic rings. The Morgan fingerprint density at radius 1 is 0.821 bits per heavy atom. The molecule has 0 spiro atoms. The van der Waals surface area contributed by atoms with Gasteiger partial charge in [-0.2, -0.15) is 8.42 Å². The normalized spacial score (nSPS) is 11.9. The summed E-state index contributed by atoms with van der Waals surface area (Å²) in [6, 6.07) is 18.7. The molecule has 0 aliphatic carbocycles. The van der Waals surface area contributed by atoms with E-state index in [-0.39, 0.29) is 9.37 Å². The van der Waals surface area contributed by atoms with E-state index in [9.17, 15) is 13.0 Å². The molecule has 0 aliphatic rings. The third-order valence-corrected chi connectivity index (χ3v) is 7.04. The topological polar surface area (TPSA) is 63.6 Å². The van der Waals surface area contributed by atoms with Crippen LogP contribution < -0.4 is 4.74 Å². The number of hydrogen-bond acceptors (Lipinski definition) is 3. The van der Waals surface area contributed by atoms with Crippen molar-refractivity contribution in [2.75, 3.05) is 7.11 Å². The number of ether oxygens (including phenoxy) is 1. The first-order valence-corrected chi connectivity index (χ1v) is 11.3. The number of rotatable bonds is 3. The van der Waals surface area contributed by atoms with Gasteiger partial charge < -0.3 is 4.74 Å². The first kappa shape index (κ1) is 19.4. The van der Waals surface area contributed by atoms with Crippen LogP contribution in [0.2, 0.25) is 0 Å². The second-order valence-electron chi connectivity index (χ2n) is 6.25. The molecule has 4 aromatic carbocycles. The second kappa shape index (κ2) is 7.15. The van der Waals surface area contributed by atoms with E-state index < -0.39 is 10.1 Å². The minimum atomic E-state index is -4.53. The summed E-state index contributed by atoms with van der Waals surface area (Å²) in [6.07, 6.45) is 0. The third kappa shape index (κ3) is 3.12. The lowest BCUT2D eigenvalue weighted by Crippen LogP contribution is -2.04. The van der Waals surface area contributed by atoms with Crippen LogP contribution in [-0.2, 0) is 10.1 Å². The lowest BCUT2D eigenvalue weighted by atomic mass is 9.93. The zero-order valence-corrected chi connectivity index (χ0v) is 18.6. The van der Waals surface area contributed by atoms with Crippen molar-refractivity contribution in [1.82, 2.24) is 0 Å². The molecular formula is C21H14Br2O4S. The molecule has 0 heterocycles. The highest BCUT2D eigenvalue weighted by Crippen LogP contribution is 2.48. The van der Waals surface area contributed by atoms with E-state index >= 15 is 0 Å². The van der Waals surface area contributed by atoms with Crippen LogP contribution >= 0.6 is 31.9 Å². The minimum Gasteiger partial charge on any atom is -0.495 e. The van der Waals surface area contributed by atoms with Gasteiger partial charge in [0, 0.05) is 15.6 Å². The number of methoxy groups -OCH3 is 1. The zero-order valence-electron chi connectivity index (χ0n) is 14.6. The maximum atomic E-state index is 12.4. The highest BCUT2D eigenvalue weighted by atomic mass is 79.9. The van der Waals surface area contributed by atoms with Crippen LogP contribution in [0.4, 0.5) is 0 Å². The van der Waals surface area contributed by atoms with Crippen molar-refractivity contribution < 1.29 is 17.7 Å². The summed E-state index contributed by atoms with van der Waals surface area (Å²) in [5.41, 5.74) is 0.986. The zero-order chi connectivity index (χ0) is 20.1. The highest BCUT2D eigenvalue weighted by Gasteiger charge is 2.27. The van der Waals surface area contributed by atoms with E-state index in [0.29, 0.717) is 26.7 Å². The number of halogens is 2. The van der Waals surface area contributed by atoms with Gasteiger partial charge in [0.1, 0.15) is 10.6 Å². The molecule has 0 radical (unpaired) electrons. The van der Waals surface area contributed by atoms with Crippen molar-refractivity contribution in [2.24, 2.45) is 0 Å². The molecule has 0 saturated heterocycles. The summed E-state index contributed by atoms with van der Waals surface area (Å²) < 4.78 is 41.5. The summed E-state index contributed by atoms with van der Waals surface area (Å²) in [5, 5.41) is 3.26. The molecule has 0 saturated carbocycles. The van der Waals surface area contributed by atoms with Crippen LogP contribution in [0.25, 0.3) is 32.7 Å². The molecule has 4 nitrogen and oxygen atoms in total. The Balaban J connectivity index is 2.35. The lowest BCUT2D eigenvalue weighted by Gasteiger charge is -2.19. The van der Waals surface area contributed by atoms with Gasteiger partial charge in [0.2, 0.25) is 0 Å². The van der Waals surface area contributed by atoms with Gasteiger partial charge in [-0.15, -0.1) is 0 Å². The van der Waals surface area contributed by atoms with Crippen molar-refractivity contribution >= 4 is 63.5 Å². The van der Waals surface area contributed by atoms with E-state index in [1.165, 1.54) is 7.11 Å². The van der Waals surface area contributed by atoms with Gasteiger partial charge in [0.05, 0.1) is 11.6 Å². The van der Waals surface area contributed by atoms with Crippen molar-refractivity contribution in [3.63, 3.8) is 0 Å². The molecule has 0 fully saturated rings. The summed E-state index contributed by atoms with van der Waals surface area (Å²) in [7, 11) is -2.99. The maximum Gasteiger partial charge on any atom is 0.296 e. The standard InChI is InChI=1S/C21H14Br2O4S/c1-27-20-16(22)10-12-6-2-4-8-14(12)18(20)19-15-9-5-3-7-13(15)11-17(23)21(19)28(24,25)26/h2-11H,1H3,(H,24,25,26). The molecule has 28 heavy (non-hydrogen) atoms. The molecule has 1 N–H and O–H groups in total. The van der Waals surface area contributed by atoms with Gasteiger partial charge in [-0.05, 0) is 65.5 Å². The van der Waals surface area contributed by atoms with Crippen molar-refractivity contribution in [3.05, 3.63) is 69.6 Å².